The van der Waals surface area contributed by atoms with Crippen molar-refractivity contribution in [2.45, 2.75) is 13.0 Å². The first-order chi connectivity index (χ1) is 12.7. The Bertz CT molecular complexity index is 860. The lowest BCUT2D eigenvalue weighted by molar-refractivity contribution is -0.145. The first-order valence-electron chi connectivity index (χ1n) is 8.18. The molecule has 1 heterocycles. The van der Waals surface area contributed by atoms with Crippen molar-refractivity contribution in [3.8, 4) is 11.3 Å². The van der Waals surface area contributed by atoms with E-state index in [1.54, 1.807) is 6.07 Å². The minimum atomic E-state index is -0.532. The van der Waals surface area contributed by atoms with Crippen molar-refractivity contribution in [2.75, 3.05) is 6.54 Å². The van der Waals surface area contributed by atoms with E-state index >= 15 is 0 Å². The molecule has 0 spiro atoms. The molecule has 0 aliphatic rings. The van der Waals surface area contributed by atoms with Crippen LogP contribution in [0.25, 0.3) is 11.3 Å². The van der Waals surface area contributed by atoms with Crippen molar-refractivity contribution < 1.29 is 18.8 Å². The number of carbonyl (C=O) groups excluding carboxylic acids is 2. The third-order valence-corrected chi connectivity index (χ3v) is 3.64. The second kappa shape index (κ2) is 8.62. The molecular weight excluding hydrogens is 332 g/mol. The van der Waals surface area contributed by atoms with Crippen LogP contribution in [0.1, 0.15) is 11.3 Å². The van der Waals surface area contributed by atoms with E-state index in [0.29, 0.717) is 11.5 Å². The van der Waals surface area contributed by atoms with Crippen molar-refractivity contribution in [3.63, 3.8) is 0 Å². The molecule has 1 N–H and O–H groups in total. The topological polar surface area (TPSA) is 81.4 Å². The Balaban J connectivity index is 1.42. The second-order valence-corrected chi connectivity index (χ2v) is 5.65. The molecule has 3 rings (SSSR count). The van der Waals surface area contributed by atoms with Crippen LogP contribution < -0.4 is 5.32 Å². The van der Waals surface area contributed by atoms with Crippen LogP contribution in [0.3, 0.4) is 0 Å². The average molecular weight is 350 g/mol. The molecule has 6 heteroatoms. The predicted molar refractivity (Wildman–Crippen MR) is 94.9 cm³/mol. The maximum absolute atomic E-state index is 11.8. The minimum Gasteiger partial charge on any atom is -0.458 e. The normalized spacial score (nSPS) is 10.3. The van der Waals surface area contributed by atoms with E-state index in [1.165, 1.54) is 0 Å². The van der Waals surface area contributed by atoms with E-state index in [0.717, 1.165) is 11.1 Å². The fourth-order valence-corrected chi connectivity index (χ4v) is 2.34. The third kappa shape index (κ3) is 5.04. The van der Waals surface area contributed by atoms with Crippen LogP contribution in [-0.4, -0.2) is 23.6 Å². The number of benzene rings is 2. The summed E-state index contributed by atoms with van der Waals surface area (Å²) in [6, 6.07) is 20.5. The molecule has 0 radical (unpaired) electrons. The van der Waals surface area contributed by atoms with Gasteiger partial charge < -0.3 is 14.6 Å². The van der Waals surface area contributed by atoms with Crippen molar-refractivity contribution in [1.29, 1.82) is 0 Å². The molecule has 0 aliphatic heterocycles. The van der Waals surface area contributed by atoms with E-state index in [9.17, 15) is 9.59 Å². The highest BCUT2D eigenvalue weighted by Gasteiger charge is 2.10. The predicted octanol–water partition coefficient (Wildman–Crippen LogP) is 2.74. The van der Waals surface area contributed by atoms with Crippen molar-refractivity contribution in [2.24, 2.45) is 0 Å². The Kier molecular flexibility index (Phi) is 5.77. The van der Waals surface area contributed by atoms with Gasteiger partial charge in [-0.3, -0.25) is 9.59 Å². The van der Waals surface area contributed by atoms with E-state index < -0.39 is 5.97 Å². The van der Waals surface area contributed by atoms with Gasteiger partial charge in [0.25, 0.3) is 0 Å². The van der Waals surface area contributed by atoms with E-state index in [1.807, 2.05) is 60.7 Å². The summed E-state index contributed by atoms with van der Waals surface area (Å²) in [5.74, 6) is -0.163. The quantitative estimate of drug-likeness (QED) is 0.663. The fraction of sp³-hybridized carbons (Fsp3) is 0.150. The van der Waals surface area contributed by atoms with Crippen LogP contribution in [0.2, 0.25) is 0 Å². The molecule has 0 bridgehead atoms. The molecular formula is C20H18N2O4. The number of amides is 1. The maximum atomic E-state index is 11.8. The molecule has 0 fully saturated rings. The molecule has 132 valence electrons. The van der Waals surface area contributed by atoms with Gasteiger partial charge in [-0.05, 0) is 5.56 Å². The largest absolute Gasteiger partial charge is 0.458 e. The minimum absolute atomic E-state index is 0.0102. The lowest BCUT2D eigenvalue weighted by Gasteiger charge is -2.05. The molecule has 0 unspecified atom stereocenters. The molecule has 0 saturated carbocycles. The zero-order valence-corrected chi connectivity index (χ0v) is 14.1. The highest BCUT2D eigenvalue weighted by molar-refractivity contribution is 5.83. The smallest absolute Gasteiger partial charge is 0.325 e. The Morgan fingerprint density at radius 2 is 1.69 bits per heavy atom. The van der Waals surface area contributed by atoms with Gasteiger partial charge >= 0.3 is 5.97 Å². The van der Waals surface area contributed by atoms with E-state index in [-0.39, 0.29) is 25.5 Å². The van der Waals surface area contributed by atoms with Crippen LogP contribution in [0.5, 0.6) is 0 Å². The van der Waals surface area contributed by atoms with Gasteiger partial charge in [-0.2, -0.15) is 0 Å². The molecule has 26 heavy (non-hydrogen) atoms. The second-order valence-electron chi connectivity index (χ2n) is 5.65. The van der Waals surface area contributed by atoms with Crippen molar-refractivity contribution in [3.05, 3.63) is 78.0 Å². The first-order valence-corrected chi connectivity index (χ1v) is 8.18. The van der Waals surface area contributed by atoms with E-state index in [4.69, 9.17) is 9.26 Å². The lowest BCUT2D eigenvalue weighted by atomic mass is 10.1. The Morgan fingerprint density at radius 3 is 2.42 bits per heavy atom. The number of carbonyl (C=O) groups is 2. The van der Waals surface area contributed by atoms with Crippen molar-refractivity contribution in [1.82, 2.24) is 10.5 Å². The van der Waals surface area contributed by atoms with Crippen LogP contribution >= 0.6 is 0 Å². The van der Waals surface area contributed by atoms with Crippen LogP contribution in [-0.2, 0) is 27.4 Å². The number of esters is 1. The monoisotopic (exact) mass is 350 g/mol. The Hall–Kier alpha value is -3.41. The van der Waals surface area contributed by atoms with Crippen LogP contribution in [0.15, 0.2) is 71.3 Å². The zero-order chi connectivity index (χ0) is 18.2. The number of nitrogens with zero attached hydrogens (tertiary/aromatic N) is 1. The highest BCUT2D eigenvalue weighted by atomic mass is 16.5. The number of hydrogen-bond donors (Lipinski definition) is 1. The van der Waals surface area contributed by atoms with E-state index in [2.05, 4.69) is 10.5 Å². The molecule has 0 aliphatic carbocycles. The SMILES string of the molecule is O=C(Cc1ccccc1)NCC(=O)OCc1cc(-c2ccccc2)on1. The molecule has 2 aromatic carbocycles. The molecule has 1 aromatic heterocycles. The summed E-state index contributed by atoms with van der Waals surface area (Å²) in [6.07, 6.45) is 0.220. The zero-order valence-electron chi connectivity index (χ0n) is 14.1. The van der Waals surface area contributed by atoms with Crippen LogP contribution in [0.4, 0.5) is 0 Å². The highest BCUT2D eigenvalue weighted by Crippen LogP contribution is 2.19. The lowest BCUT2D eigenvalue weighted by Crippen LogP contribution is -2.31. The van der Waals surface area contributed by atoms with Gasteiger partial charge in [0, 0.05) is 11.6 Å². The van der Waals surface area contributed by atoms with Crippen molar-refractivity contribution >= 4 is 11.9 Å². The summed E-state index contributed by atoms with van der Waals surface area (Å²) in [6.45, 7) is -0.196. The third-order valence-electron chi connectivity index (χ3n) is 3.64. The Labute approximate surface area is 150 Å². The standard InChI is InChI=1S/C20H18N2O4/c23-19(11-15-7-3-1-4-8-15)21-13-20(24)25-14-17-12-18(26-22-17)16-9-5-2-6-10-16/h1-10,12H,11,13-14H2,(H,21,23). The summed E-state index contributed by atoms with van der Waals surface area (Å²) < 4.78 is 10.3. The molecule has 3 aromatic rings. The van der Waals surface area contributed by atoms with Gasteiger partial charge in [0.05, 0.1) is 6.42 Å². The fourth-order valence-electron chi connectivity index (χ4n) is 2.34. The van der Waals surface area contributed by atoms with Gasteiger partial charge in [-0.1, -0.05) is 65.8 Å². The molecule has 0 saturated heterocycles. The number of nitrogens with one attached hydrogen (secondary N) is 1. The first kappa shape index (κ1) is 17.4. The molecule has 1 amide bonds. The average Bonchev–Trinajstić information content (AvgIpc) is 3.15. The maximum Gasteiger partial charge on any atom is 0.325 e. The number of hydrogen-bond acceptors (Lipinski definition) is 5. The van der Waals surface area contributed by atoms with Gasteiger partial charge in [0.2, 0.25) is 5.91 Å². The molecule has 0 atom stereocenters. The molecule has 6 nitrogen and oxygen atoms in total. The summed E-state index contributed by atoms with van der Waals surface area (Å²) in [5, 5.41) is 6.42. The summed E-state index contributed by atoms with van der Waals surface area (Å²) in [5.41, 5.74) is 2.29. The van der Waals surface area contributed by atoms with Gasteiger partial charge in [-0.25, -0.2) is 0 Å². The summed E-state index contributed by atoms with van der Waals surface area (Å²) in [7, 11) is 0. The van der Waals surface area contributed by atoms with Gasteiger partial charge in [-0.15, -0.1) is 0 Å². The summed E-state index contributed by atoms with van der Waals surface area (Å²) in [4.78, 5) is 23.6. The number of ether oxygens (including phenoxy) is 1. The number of rotatable bonds is 7. The van der Waals surface area contributed by atoms with Gasteiger partial charge in [0.1, 0.15) is 18.8 Å². The summed E-state index contributed by atoms with van der Waals surface area (Å²) >= 11 is 0. The van der Waals surface area contributed by atoms with Gasteiger partial charge in [0.15, 0.2) is 5.76 Å². The Morgan fingerprint density at radius 1 is 1.00 bits per heavy atom. The van der Waals surface area contributed by atoms with Crippen LogP contribution in [0, 0.1) is 0 Å². The number of aromatic nitrogens is 1.